The minimum atomic E-state index is -0.968. The number of hydrogen-bond acceptors (Lipinski definition) is 3. The molecule has 2 aliphatic rings. The predicted octanol–water partition coefficient (Wildman–Crippen LogP) is 0.301. The molecule has 2 aliphatic carbocycles. The summed E-state index contributed by atoms with van der Waals surface area (Å²) < 4.78 is 0. The monoisotopic (exact) mass is 288 g/mol. The molecular formula is C16H20N2O3. The Balaban J connectivity index is 1.55. The SMILES string of the molecule is O=C(NCC1(O)CCc2ccccc2C1)C(=O)NC1CC1. The van der Waals surface area contributed by atoms with E-state index in [9.17, 15) is 14.7 Å². The minimum absolute atomic E-state index is 0.109. The van der Waals surface area contributed by atoms with Gasteiger partial charge < -0.3 is 15.7 Å². The summed E-state index contributed by atoms with van der Waals surface area (Å²) in [6.45, 7) is 0.109. The smallest absolute Gasteiger partial charge is 0.309 e. The van der Waals surface area contributed by atoms with E-state index in [4.69, 9.17) is 0 Å². The molecule has 1 aromatic rings. The van der Waals surface area contributed by atoms with Crippen molar-refractivity contribution in [1.29, 1.82) is 0 Å². The lowest BCUT2D eigenvalue weighted by Crippen LogP contribution is -2.50. The van der Waals surface area contributed by atoms with E-state index in [2.05, 4.69) is 16.7 Å². The molecule has 2 amide bonds. The van der Waals surface area contributed by atoms with Gasteiger partial charge in [-0.15, -0.1) is 0 Å². The van der Waals surface area contributed by atoms with Crippen LogP contribution >= 0.6 is 0 Å². The van der Waals surface area contributed by atoms with Crippen molar-refractivity contribution in [1.82, 2.24) is 10.6 Å². The molecule has 0 aromatic heterocycles. The van der Waals surface area contributed by atoms with Crippen LogP contribution in [0, 0.1) is 0 Å². The standard InChI is InChI=1S/C16H20N2O3/c19-14(15(20)18-13-5-6-13)17-10-16(21)8-7-11-3-1-2-4-12(11)9-16/h1-4,13,21H,5-10H2,(H,17,19)(H,18,20). The van der Waals surface area contributed by atoms with Crippen LogP contribution in [-0.4, -0.2) is 35.1 Å². The zero-order valence-corrected chi connectivity index (χ0v) is 11.9. The van der Waals surface area contributed by atoms with Crippen molar-refractivity contribution in [3.8, 4) is 0 Å². The molecule has 0 radical (unpaired) electrons. The highest BCUT2D eigenvalue weighted by Crippen LogP contribution is 2.28. The summed E-state index contributed by atoms with van der Waals surface area (Å²) in [6, 6.07) is 8.17. The average Bonchev–Trinajstić information content (AvgIpc) is 3.28. The Hall–Kier alpha value is -1.88. The third-order valence-electron chi connectivity index (χ3n) is 4.19. The van der Waals surface area contributed by atoms with Crippen molar-refractivity contribution in [3.05, 3.63) is 35.4 Å². The zero-order chi connectivity index (χ0) is 14.9. The number of aryl methyl sites for hydroxylation is 1. The number of carbonyl (C=O) groups is 2. The zero-order valence-electron chi connectivity index (χ0n) is 11.9. The number of carbonyl (C=O) groups excluding carboxylic acids is 2. The van der Waals surface area contributed by atoms with Gasteiger partial charge in [0.15, 0.2) is 0 Å². The summed E-state index contributed by atoms with van der Waals surface area (Å²) >= 11 is 0. The van der Waals surface area contributed by atoms with Gasteiger partial charge in [0.1, 0.15) is 0 Å². The molecule has 3 rings (SSSR count). The van der Waals surface area contributed by atoms with Gasteiger partial charge in [0.25, 0.3) is 0 Å². The molecule has 5 heteroatoms. The van der Waals surface area contributed by atoms with E-state index >= 15 is 0 Å². The fourth-order valence-electron chi connectivity index (χ4n) is 2.74. The first-order valence-corrected chi connectivity index (χ1v) is 7.44. The van der Waals surface area contributed by atoms with Crippen LogP contribution in [0.25, 0.3) is 0 Å². The summed E-state index contributed by atoms with van der Waals surface area (Å²) in [5.41, 5.74) is 1.40. The van der Waals surface area contributed by atoms with Crippen molar-refractivity contribution in [2.75, 3.05) is 6.54 Å². The summed E-state index contributed by atoms with van der Waals surface area (Å²) in [7, 11) is 0. The third-order valence-corrected chi connectivity index (χ3v) is 4.19. The summed E-state index contributed by atoms with van der Waals surface area (Å²) in [5, 5.41) is 15.8. The number of fused-ring (bicyclic) bond motifs is 1. The van der Waals surface area contributed by atoms with Gasteiger partial charge in [-0.3, -0.25) is 9.59 Å². The topological polar surface area (TPSA) is 78.4 Å². The normalized spacial score (nSPS) is 24.0. The van der Waals surface area contributed by atoms with E-state index in [0.29, 0.717) is 12.8 Å². The van der Waals surface area contributed by atoms with E-state index in [0.717, 1.165) is 24.8 Å². The number of amides is 2. The Kier molecular flexibility index (Phi) is 3.68. The van der Waals surface area contributed by atoms with Gasteiger partial charge in [-0.2, -0.15) is 0 Å². The predicted molar refractivity (Wildman–Crippen MR) is 77.6 cm³/mol. The molecule has 1 unspecified atom stereocenters. The number of nitrogens with one attached hydrogen (secondary N) is 2. The third kappa shape index (κ3) is 3.42. The molecule has 21 heavy (non-hydrogen) atoms. The number of hydrogen-bond donors (Lipinski definition) is 3. The van der Waals surface area contributed by atoms with Gasteiger partial charge in [-0.05, 0) is 36.8 Å². The fourth-order valence-corrected chi connectivity index (χ4v) is 2.74. The first kappa shape index (κ1) is 14.1. The lowest BCUT2D eigenvalue weighted by Gasteiger charge is -2.33. The first-order chi connectivity index (χ1) is 10.1. The number of aliphatic hydroxyl groups is 1. The van der Waals surface area contributed by atoms with Crippen molar-refractivity contribution in [3.63, 3.8) is 0 Å². The van der Waals surface area contributed by atoms with E-state index in [1.54, 1.807) is 0 Å². The minimum Gasteiger partial charge on any atom is -0.388 e. The number of rotatable bonds is 3. The van der Waals surface area contributed by atoms with Crippen LogP contribution in [-0.2, 0) is 22.4 Å². The van der Waals surface area contributed by atoms with Crippen LogP contribution in [0.2, 0.25) is 0 Å². The lowest BCUT2D eigenvalue weighted by molar-refractivity contribution is -0.140. The van der Waals surface area contributed by atoms with Crippen LogP contribution in [0.15, 0.2) is 24.3 Å². The maximum absolute atomic E-state index is 11.7. The average molecular weight is 288 g/mol. The molecule has 0 aliphatic heterocycles. The van der Waals surface area contributed by atoms with Crippen molar-refractivity contribution >= 4 is 11.8 Å². The maximum atomic E-state index is 11.7. The Morgan fingerprint density at radius 3 is 2.62 bits per heavy atom. The van der Waals surface area contributed by atoms with Gasteiger partial charge in [-0.25, -0.2) is 0 Å². The molecule has 1 saturated carbocycles. The van der Waals surface area contributed by atoms with E-state index in [1.165, 1.54) is 5.56 Å². The highest BCUT2D eigenvalue weighted by molar-refractivity contribution is 6.35. The largest absolute Gasteiger partial charge is 0.388 e. The van der Waals surface area contributed by atoms with Crippen LogP contribution in [0.4, 0.5) is 0 Å². The highest BCUT2D eigenvalue weighted by Gasteiger charge is 2.33. The molecule has 1 atom stereocenters. The lowest BCUT2D eigenvalue weighted by atomic mass is 9.80. The number of benzene rings is 1. The molecular weight excluding hydrogens is 268 g/mol. The second-order valence-corrected chi connectivity index (χ2v) is 6.10. The molecule has 0 spiro atoms. The van der Waals surface area contributed by atoms with Gasteiger partial charge in [-0.1, -0.05) is 24.3 Å². The van der Waals surface area contributed by atoms with Crippen LogP contribution in [0.1, 0.15) is 30.4 Å². The molecule has 1 fully saturated rings. The van der Waals surface area contributed by atoms with Gasteiger partial charge >= 0.3 is 11.8 Å². The Labute approximate surface area is 123 Å². The quantitative estimate of drug-likeness (QED) is 0.700. The first-order valence-electron chi connectivity index (χ1n) is 7.44. The molecule has 1 aromatic carbocycles. The van der Waals surface area contributed by atoms with E-state index < -0.39 is 17.4 Å². The van der Waals surface area contributed by atoms with E-state index in [-0.39, 0.29) is 12.6 Å². The van der Waals surface area contributed by atoms with Crippen molar-refractivity contribution in [2.24, 2.45) is 0 Å². The van der Waals surface area contributed by atoms with Crippen molar-refractivity contribution < 1.29 is 14.7 Å². The van der Waals surface area contributed by atoms with Gasteiger partial charge in [0, 0.05) is 19.0 Å². The fraction of sp³-hybridized carbons (Fsp3) is 0.500. The van der Waals surface area contributed by atoms with Gasteiger partial charge in [0.05, 0.1) is 5.60 Å². The molecule has 3 N–H and O–H groups in total. The van der Waals surface area contributed by atoms with Crippen LogP contribution in [0.3, 0.4) is 0 Å². The molecule has 0 saturated heterocycles. The molecule has 0 bridgehead atoms. The summed E-state index contributed by atoms with van der Waals surface area (Å²) in [4.78, 5) is 23.3. The Bertz CT molecular complexity index is 568. The second-order valence-electron chi connectivity index (χ2n) is 6.10. The summed E-state index contributed by atoms with van der Waals surface area (Å²) in [5.74, 6) is -1.26. The van der Waals surface area contributed by atoms with Crippen molar-refractivity contribution in [2.45, 2.75) is 43.7 Å². The van der Waals surface area contributed by atoms with E-state index in [1.807, 2.05) is 18.2 Å². The highest BCUT2D eigenvalue weighted by atomic mass is 16.3. The second kappa shape index (κ2) is 5.48. The van der Waals surface area contributed by atoms with Gasteiger partial charge in [0.2, 0.25) is 0 Å². The Morgan fingerprint density at radius 2 is 1.90 bits per heavy atom. The maximum Gasteiger partial charge on any atom is 0.309 e. The molecule has 5 nitrogen and oxygen atoms in total. The summed E-state index contributed by atoms with van der Waals surface area (Å²) in [6.07, 6.45) is 3.78. The molecule has 0 heterocycles. The Morgan fingerprint density at radius 1 is 1.19 bits per heavy atom. The van der Waals surface area contributed by atoms with Crippen LogP contribution < -0.4 is 10.6 Å². The molecule has 112 valence electrons. The van der Waals surface area contributed by atoms with Crippen LogP contribution in [0.5, 0.6) is 0 Å².